The molecule has 1 unspecified atom stereocenters. The van der Waals surface area contributed by atoms with Gasteiger partial charge in [0.15, 0.2) is 0 Å². The normalized spacial score (nSPS) is 18.3. The van der Waals surface area contributed by atoms with Crippen LogP contribution in [0.15, 0.2) is 30.3 Å². The summed E-state index contributed by atoms with van der Waals surface area (Å²) in [5.74, 6) is 1.16. The van der Waals surface area contributed by atoms with Crippen molar-refractivity contribution in [3.8, 4) is 17.5 Å². The van der Waals surface area contributed by atoms with E-state index in [0.717, 1.165) is 34.0 Å². The van der Waals surface area contributed by atoms with Crippen molar-refractivity contribution in [1.29, 1.82) is 0 Å². The molecule has 0 aliphatic carbocycles. The number of nitro groups is 1. The van der Waals surface area contributed by atoms with Crippen molar-refractivity contribution in [1.82, 2.24) is 9.55 Å². The van der Waals surface area contributed by atoms with Gasteiger partial charge in [0.2, 0.25) is 0 Å². The third-order valence-corrected chi connectivity index (χ3v) is 7.29. The maximum absolute atomic E-state index is 11.2. The van der Waals surface area contributed by atoms with Crippen LogP contribution in [0.5, 0.6) is 17.5 Å². The molecule has 0 bridgehead atoms. The predicted molar refractivity (Wildman–Crippen MR) is 95.6 cm³/mol. The second kappa shape index (κ2) is 6.52. The van der Waals surface area contributed by atoms with Gasteiger partial charge in [0.25, 0.3) is 0 Å². The molecule has 1 atom stereocenters. The Balaban J connectivity index is 1.56. The fraction of sp³-hybridized carbons (Fsp3) is 0.278. The first kappa shape index (κ1) is 17.1. The third-order valence-electron chi connectivity index (χ3n) is 4.58. The summed E-state index contributed by atoms with van der Waals surface area (Å²) >= 11 is 6.39. The number of aryl methyl sites for hydroxylation is 1. The molecule has 2 aliphatic heterocycles. The third kappa shape index (κ3) is 3.10. The van der Waals surface area contributed by atoms with Gasteiger partial charge in [0.1, 0.15) is 0 Å². The number of halogens is 2. The van der Waals surface area contributed by atoms with Gasteiger partial charge in [-0.05, 0) is 0 Å². The van der Waals surface area contributed by atoms with Crippen LogP contribution in [0.25, 0.3) is 11.0 Å². The molecule has 0 N–H and O–H groups in total. The van der Waals surface area contributed by atoms with Crippen molar-refractivity contribution in [3.05, 3.63) is 51.0 Å². The number of alkyl halides is 2. The molecule has 5 rings (SSSR count). The van der Waals surface area contributed by atoms with Crippen LogP contribution in [0.3, 0.4) is 0 Å². The van der Waals surface area contributed by atoms with E-state index in [9.17, 15) is 10.1 Å². The van der Waals surface area contributed by atoms with Gasteiger partial charge in [-0.2, -0.15) is 0 Å². The number of imidazole rings is 1. The van der Waals surface area contributed by atoms with Crippen LogP contribution < -0.4 is 30.7 Å². The fourth-order valence-corrected chi connectivity index (χ4v) is 5.16. The Morgan fingerprint density at radius 2 is 2.22 bits per heavy atom. The summed E-state index contributed by atoms with van der Waals surface area (Å²) in [6.07, 6.45) is 0.938. The molecule has 7 nitrogen and oxygen atoms in total. The van der Waals surface area contributed by atoms with Gasteiger partial charge in [-0.15, -0.1) is 0 Å². The van der Waals surface area contributed by atoms with Crippen LogP contribution in [0.4, 0.5) is 5.69 Å². The molecule has 0 amide bonds. The standard InChI is InChI=1S/C18H14ClIN3O4/c19-13-7-10(23(24)25)6-12(14-9-20-14)17(13)27-11-2-3-15-16(8-11)22-4-1-5-26-18(22)21-15/h2-3,6-8,14H,1,4-5,9H2/q-1. The molecule has 1 saturated heterocycles. The first-order valence-corrected chi connectivity index (χ1v) is 11.6. The average molecular weight is 499 g/mol. The molecular formula is C18H14ClIN3O4-. The summed E-state index contributed by atoms with van der Waals surface area (Å²) in [7, 11) is 0. The number of ether oxygens (including phenoxy) is 2. The molecule has 9 heteroatoms. The molecule has 1 fully saturated rings. The number of hydrogen-bond acceptors (Lipinski definition) is 5. The Bertz CT molecular complexity index is 1080. The van der Waals surface area contributed by atoms with Gasteiger partial charge >= 0.3 is 170 Å². The summed E-state index contributed by atoms with van der Waals surface area (Å²) in [6.45, 7) is 1.53. The van der Waals surface area contributed by atoms with Gasteiger partial charge < -0.3 is 0 Å². The second-order valence-electron chi connectivity index (χ2n) is 6.38. The number of non-ortho nitro benzene ring substituents is 1. The number of aromatic nitrogens is 2. The van der Waals surface area contributed by atoms with Crippen molar-refractivity contribution in [3.63, 3.8) is 0 Å². The van der Waals surface area contributed by atoms with E-state index < -0.39 is 4.92 Å². The number of rotatable bonds is 4. The van der Waals surface area contributed by atoms with Crippen molar-refractivity contribution in [2.45, 2.75) is 16.9 Å². The molecule has 1 aromatic heterocycles. The summed E-state index contributed by atoms with van der Waals surface area (Å²) in [5.41, 5.74) is 2.65. The van der Waals surface area contributed by atoms with Crippen molar-refractivity contribution >= 4 is 28.3 Å². The van der Waals surface area contributed by atoms with Crippen molar-refractivity contribution < 1.29 is 35.6 Å². The molecule has 0 spiro atoms. The minimum atomic E-state index is -0.412. The average Bonchev–Trinajstić information content (AvgIpc) is 3.44. The molecule has 2 aliphatic rings. The van der Waals surface area contributed by atoms with E-state index in [1.54, 1.807) is 6.07 Å². The monoisotopic (exact) mass is 498 g/mol. The van der Waals surface area contributed by atoms with Gasteiger partial charge in [-0.25, -0.2) is 0 Å². The predicted octanol–water partition coefficient (Wildman–Crippen LogP) is 1.32. The Hall–Kier alpha value is -2.07. The summed E-state index contributed by atoms with van der Waals surface area (Å²) in [6, 6.07) is 9.24. The second-order valence-corrected chi connectivity index (χ2v) is 10.1. The molecule has 0 radical (unpaired) electrons. The fourth-order valence-electron chi connectivity index (χ4n) is 3.23. The molecule has 0 saturated carbocycles. The Morgan fingerprint density at radius 3 is 3.00 bits per heavy atom. The molecule has 3 heterocycles. The van der Waals surface area contributed by atoms with Gasteiger partial charge in [0, 0.05) is 0 Å². The van der Waals surface area contributed by atoms with Crippen LogP contribution in [0.2, 0.25) is 5.02 Å². The Kier molecular flexibility index (Phi) is 4.12. The SMILES string of the molecule is O=[N+]([O-])c1cc(Cl)c(Oc2ccc3nc4n(c3c2)CCCO4)c(C2C[I-]2)c1. The number of benzene rings is 2. The molecule has 2 aromatic carbocycles. The van der Waals surface area contributed by atoms with E-state index in [0.29, 0.717) is 28.0 Å². The quantitative estimate of drug-likeness (QED) is 0.235. The van der Waals surface area contributed by atoms with E-state index in [1.807, 2.05) is 22.8 Å². The zero-order valence-corrected chi connectivity index (χ0v) is 16.9. The summed E-state index contributed by atoms with van der Waals surface area (Å²) < 4.78 is 15.2. The van der Waals surface area contributed by atoms with E-state index in [-0.39, 0.29) is 31.9 Å². The zero-order valence-electron chi connectivity index (χ0n) is 14.0. The van der Waals surface area contributed by atoms with Crippen LogP contribution in [-0.4, -0.2) is 25.5 Å². The zero-order chi connectivity index (χ0) is 18.5. The van der Waals surface area contributed by atoms with E-state index in [2.05, 4.69) is 4.98 Å². The first-order chi connectivity index (χ1) is 13.1. The first-order valence-electron chi connectivity index (χ1n) is 8.46. The van der Waals surface area contributed by atoms with E-state index >= 15 is 0 Å². The van der Waals surface area contributed by atoms with E-state index in [1.165, 1.54) is 6.07 Å². The Labute approximate surface area is 169 Å². The number of hydrogen-bond donors (Lipinski definition) is 0. The molecule has 27 heavy (non-hydrogen) atoms. The number of nitro benzene ring substituents is 1. The van der Waals surface area contributed by atoms with Crippen molar-refractivity contribution in [2.75, 3.05) is 11.0 Å². The topological polar surface area (TPSA) is 79.4 Å². The van der Waals surface area contributed by atoms with E-state index in [4.69, 9.17) is 21.1 Å². The van der Waals surface area contributed by atoms with Gasteiger partial charge in [-0.3, -0.25) is 0 Å². The minimum absolute atomic E-state index is 0.00992. The number of nitrogens with zero attached hydrogens (tertiary/aromatic N) is 3. The van der Waals surface area contributed by atoms with Crippen molar-refractivity contribution in [2.24, 2.45) is 0 Å². The maximum atomic E-state index is 11.2. The molecule has 3 aromatic rings. The van der Waals surface area contributed by atoms with Crippen LogP contribution in [0.1, 0.15) is 15.9 Å². The van der Waals surface area contributed by atoms with Gasteiger partial charge in [0.05, 0.1) is 0 Å². The van der Waals surface area contributed by atoms with Gasteiger partial charge in [-0.1, -0.05) is 0 Å². The summed E-state index contributed by atoms with van der Waals surface area (Å²) in [5, 5.41) is 11.4. The number of fused-ring (bicyclic) bond motifs is 3. The molecule has 140 valence electrons. The van der Waals surface area contributed by atoms with Crippen LogP contribution >= 0.6 is 11.6 Å². The van der Waals surface area contributed by atoms with Crippen LogP contribution in [-0.2, 0) is 6.54 Å². The Morgan fingerprint density at radius 1 is 1.37 bits per heavy atom. The molecular weight excluding hydrogens is 485 g/mol. The summed E-state index contributed by atoms with van der Waals surface area (Å²) in [4.78, 5) is 15.2. The van der Waals surface area contributed by atoms with Crippen LogP contribution in [0, 0.1) is 10.1 Å².